The highest BCUT2D eigenvalue weighted by molar-refractivity contribution is 7.99. The molecule has 0 bridgehead atoms. The van der Waals surface area contributed by atoms with Crippen LogP contribution in [-0.2, 0) is 6.54 Å². The van der Waals surface area contributed by atoms with Crippen molar-refractivity contribution in [3.05, 3.63) is 66.6 Å². The van der Waals surface area contributed by atoms with E-state index in [1.54, 1.807) is 24.7 Å². The Hall–Kier alpha value is -2.71. The van der Waals surface area contributed by atoms with Gasteiger partial charge in [0.15, 0.2) is 10.3 Å². The molecule has 0 radical (unpaired) electrons. The topological polar surface area (TPSA) is 66.0 Å². The van der Waals surface area contributed by atoms with E-state index in [1.165, 1.54) is 35.9 Å². The second kappa shape index (κ2) is 9.67. The highest BCUT2D eigenvalue weighted by atomic mass is 32.2. The zero-order valence-corrected chi connectivity index (χ0v) is 17.5. The van der Waals surface area contributed by atoms with Gasteiger partial charge in [-0.25, -0.2) is 15.0 Å². The average Bonchev–Trinajstić information content (AvgIpc) is 3.30. The third-order valence-corrected chi connectivity index (χ3v) is 5.68. The summed E-state index contributed by atoms with van der Waals surface area (Å²) in [6.07, 6.45) is 7.77. The molecule has 29 heavy (non-hydrogen) atoms. The minimum atomic E-state index is 0.571. The summed E-state index contributed by atoms with van der Waals surface area (Å²) in [6, 6.07) is 14.3. The number of hydrogen-bond acceptors (Lipinski definition) is 6. The molecule has 1 aliphatic rings. The largest absolute Gasteiger partial charge is 0.372 e. The standard InChI is InChI=1S/C21H22N6S2/c28-20(25-14-16-4-7-18(8-5-16)27-12-1-2-13-27)26-17-6-9-19(24-15-17)29-21-22-10-3-11-23-21/h3-11,15H,1-2,12-14H2,(H2,25,26,28). The molecule has 1 fully saturated rings. The molecule has 1 aromatic carbocycles. The number of hydrogen-bond donors (Lipinski definition) is 2. The van der Waals surface area contributed by atoms with Crippen LogP contribution in [0.1, 0.15) is 18.4 Å². The molecule has 0 spiro atoms. The smallest absolute Gasteiger partial charge is 0.193 e. The summed E-state index contributed by atoms with van der Waals surface area (Å²) in [5, 5.41) is 8.49. The van der Waals surface area contributed by atoms with Crippen LogP contribution in [0, 0.1) is 0 Å². The molecule has 2 N–H and O–H groups in total. The average molecular weight is 423 g/mol. The third-order valence-electron chi connectivity index (χ3n) is 4.59. The Labute approximate surface area is 180 Å². The normalized spacial score (nSPS) is 13.3. The number of thiocarbonyl (C=S) groups is 1. The first-order chi connectivity index (χ1) is 14.3. The lowest BCUT2D eigenvalue weighted by molar-refractivity contribution is 0.920. The highest BCUT2D eigenvalue weighted by Gasteiger charge is 2.11. The molecule has 0 aliphatic carbocycles. The monoisotopic (exact) mass is 422 g/mol. The molecule has 3 heterocycles. The van der Waals surface area contributed by atoms with Crippen molar-refractivity contribution < 1.29 is 0 Å². The van der Waals surface area contributed by atoms with Crippen molar-refractivity contribution in [1.29, 1.82) is 0 Å². The van der Waals surface area contributed by atoms with Crippen LogP contribution < -0.4 is 15.5 Å². The molecule has 4 rings (SSSR count). The lowest BCUT2D eigenvalue weighted by atomic mass is 10.2. The Morgan fingerprint density at radius 3 is 2.45 bits per heavy atom. The van der Waals surface area contributed by atoms with Crippen LogP contribution in [0.15, 0.2) is 71.2 Å². The van der Waals surface area contributed by atoms with Gasteiger partial charge in [-0.05, 0) is 72.7 Å². The Morgan fingerprint density at radius 2 is 1.76 bits per heavy atom. The second-order valence-corrected chi connectivity index (χ2v) is 8.08. The fourth-order valence-electron chi connectivity index (χ4n) is 3.10. The van der Waals surface area contributed by atoms with Gasteiger partial charge >= 0.3 is 0 Å². The van der Waals surface area contributed by atoms with Crippen LogP contribution in [0.5, 0.6) is 0 Å². The first-order valence-electron chi connectivity index (χ1n) is 9.56. The number of benzene rings is 1. The number of anilines is 2. The van der Waals surface area contributed by atoms with E-state index in [0.717, 1.165) is 23.8 Å². The van der Waals surface area contributed by atoms with Crippen molar-refractivity contribution >= 4 is 40.5 Å². The van der Waals surface area contributed by atoms with Gasteiger partial charge in [0.1, 0.15) is 5.03 Å². The molecule has 3 aromatic rings. The Morgan fingerprint density at radius 1 is 1.00 bits per heavy atom. The molecule has 1 saturated heterocycles. The predicted molar refractivity (Wildman–Crippen MR) is 121 cm³/mol. The van der Waals surface area contributed by atoms with Crippen molar-refractivity contribution in [1.82, 2.24) is 20.3 Å². The quantitative estimate of drug-likeness (QED) is 0.454. The van der Waals surface area contributed by atoms with Gasteiger partial charge in [-0.1, -0.05) is 12.1 Å². The zero-order valence-electron chi connectivity index (χ0n) is 15.9. The van der Waals surface area contributed by atoms with E-state index in [0.29, 0.717) is 16.8 Å². The molecule has 0 unspecified atom stereocenters. The van der Waals surface area contributed by atoms with E-state index in [4.69, 9.17) is 12.2 Å². The van der Waals surface area contributed by atoms with Crippen LogP contribution in [0.3, 0.4) is 0 Å². The minimum absolute atomic E-state index is 0.571. The number of pyridine rings is 1. The fourth-order valence-corrected chi connectivity index (χ4v) is 3.95. The zero-order chi connectivity index (χ0) is 19.9. The van der Waals surface area contributed by atoms with Crippen LogP contribution in [0.2, 0.25) is 0 Å². The summed E-state index contributed by atoms with van der Waals surface area (Å²) in [5.74, 6) is 0. The van der Waals surface area contributed by atoms with Gasteiger partial charge in [0.25, 0.3) is 0 Å². The predicted octanol–water partition coefficient (Wildman–Crippen LogP) is 4.11. The summed E-state index contributed by atoms with van der Waals surface area (Å²) in [4.78, 5) is 15.2. The number of nitrogens with zero attached hydrogens (tertiary/aromatic N) is 4. The van der Waals surface area contributed by atoms with Crippen LogP contribution in [-0.4, -0.2) is 33.2 Å². The molecule has 1 aliphatic heterocycles. The molecular weight excluding hydrogens is 400 g/mol. The number of aromatic nitrogens is 3. The fraction of sp³-hybridized carbons (Fsp3) is 0.238. The van der Waals surface area contributed by atoms with E-state index < -0.39 is 0 Å². The molecule has 0 amide bonds. The van der Waals surface area contributed by atoms with Crippen LogP contribution in [0.4, 0.5) is 11.4 Å². The number of nitrogens with one attached hydrogen (secondary N) is 2. The summed E-state index contributed by atoms with van der Waals surface area (Å²) in [6.45, 7) is 3.00. The molecular formula is C21H22N6S2. The summed E-state index contributed by atoms with van der Waals surface area (Å²) >= 11 is 6.82. The maximum absolute atomic E-state index is 5.40. The van der Waals surface area contributed by atoms with Crippen molar-refractivity contribution in [2.45, 2.75) is 29.6 Å². The molecule has 0 saturated carbocycles. The van der Waals surface area contributed by atoms with Crippen LogP contribution in [0.25, 0.3) is 0 Å². The molecule has 148 valence electrons. The van der Waals surface area contributed by atoms with Gasteiger partial charge in [-0.3, -0.25) is 0 Å². The molecule has 0 atom stereocenters. The lowest BCUT2D eigenvalue weighted by Gasteiger charge is -2.18. The number of rotatable bonds is 6. The third kappa shape index (κ3) is 5.65. The van der Waals surface area contributed by atoms with E-state index in [2.05, 4.69) is 54.8 Å². The van der Waals surface area contributed by atoms with Gasteiger partial charge in [0, 0.05) is 37.7 Å². The van der Waals surface area contributed by atoms with E-state index in [1.807, 2.05) is 12.1 Å². The van der Waals surface area contributed by atoms with E-state index in [-0.39, 0.29) is 0 Å². The minimum Gasteiger partial charge on any atom is -0.372 e. The van der Waals surface area contributed by atoms with Gasteiger partial charge in [-0.15, -0.1) is 0 Å². The first-order valence-corrected chi connectivity index (χ1v) is 10.8. The van der Waals surface area contributed by atoms with Gasteiger partial charge < -0.3 is 15.5 Å². The summed E-state index contributed by atoms with van der Waals surface area (Å²) in [7, 11) is 0. The van der Waals surface area contributed by atoms with E-state index >= 15 is 0 Å². The van der Waals surface area contributed by atoms with Crippen LogP contribution >= 0.6 is 24.0 Å². The maximum Gasteiger partial charge on any atom is 0.193 e. The van der Waals surface area contributed by atoms with Crippen molar-refractivity contribution in [3.8, 4) is 0 Å². The molecule has 8 heteroatoms. The SMILES string of the molecule is S=C(NCc1ccc(N2CCCC2)cc1)Nc1ccc(Sc2ncccn2)nc1. The Bertz CT molecular complexity index is 926. The summed E-state index contributed by atoms with van der Waals surface area (Å²) in [5.41, 5.74) is 3.34. The summed E-state index contributed by atoms with van der Waals surface area (Å²) < 4.78 is 0. The van der Waals surface area contributed by atoms with Gasteiger partial charge in [0.05, 0.1) is 11.9 Å². The van der Waals surface area contributed by atoms with E-state index in [9.17, 15) is 0 Å². The van der Waals surface area contributed by atoms with Gasteiger partial charge in [0.2, 0.25) is 0 Å². The lowest BCUT2D eigenvalue weighted by Crippen LogP contribution is -2.28. The van der Waals surface area contributed by atoms with Crippen molar-refractivity contribution in [2.75, 3.05) is 23.3 Å². The second-order valence-electron chi connectivity index (χ2n) is 6.69. The first kappa shape index (κ1) is 19.6. The van der Waals surface area contributed by atoms with Crippen molar-refractivity contribution in [2.24, 2.45) is 0 Å². The van der Waals surface area contributed by atoms with Crippen molar-refractivity contribution in [3.63, 3.8) is 0 Å². The Balaban J connectivity index is 1.25. The maximum atomic E-state index is 5.40. The van der Waals surface area contributed by atoms with Gasteiger partial charge in [-0.2, -0.15) is 0 Å². The molecule has 6 nitrogen and oxygen atoms in total. The molecule has 2 aromatic heterocycles. The highest BCUT2D eigenvalue weighted by Crippen LogP contribution is 2.23. The Kier molecular flexibility index (Phi) is 6.53.